The van der Waals surface area contributed by atoms with Gasteiger partial charge in [0.25, 0.3) is 0 Å². The zero-order valence-corrected chi connectivity index (χ0v) is 13.3. The van der Waals surface area contributed by atoms with Crippen LogP contribution >= 0.6 is 0 Å². The number of allylic oxidation sites excluding steroid dienone is 2. The summed E-state index contributed by atoms with van der Waals surface area (Å²) in [5, 5.41) is 6.87. The first-order chi connectivity index (χ1) is 10.2. The molecule has 1 aliphatic rings. The normalized spacial score (nSPS) is 18.9. The maximum absolute atomic E-state index is 5.91. The number of nitrogens with one attached hydrogen (secondary N) is 2. The molecule has 1 aliphatic heterocycles. The van der Waals surface area contributed by atoms with E-state index in [1.165, 1.54) is 16.7 Å². The first-order valence-electron chi connectivity index (χ1n) is 7.91. The molecule has 0 amide bonds. The highest BCUT2D eigenvalue weighted by atomic mass is 14.9. The summed E-state index contributed by atoms with van der Waals surface area (Å²) >= 11 is 0. The molecule has 0 radical (unpaired) electrons. The van der Waals surface area contributed by atoms with Crippen LogP contribution in [0.1, 0.15) is 38.3 Å². The van der Waals surface area contributed by atoms with E-state index in [9.17, 15) is 0 Å². The topological polar surface area (TPSA) is 50.1 Å². The molecule has 2 unspecified atom stereocenters. The number of dihydropyridines is 1. The molecule has 2 atom stereocenters. The van der Waals surface area contributed by atoms with Crippen LogP contribution in [0.3, 0.4) is 0 Å². The predicted molar refractivity (Wildman–Crippen MR) is 92.0 cm³/mol. The van der Waals surface area contributed by atoms with Crippen LogP contribution in [0, 0.1) is 5.92 Å². The second-order valence-electron chi connectivity index (χ2n) is 5.62. The van der Waals surface area contributed by atoms with Gasteiger partial charge in [-0.25, -0.2) is 0 Å². The molecule has 0 saturated heterocycles. The van der Waals surface area contributed by atoms with Crippen molar-refractivity contribution in [2.75, 3.05) is 11.9 Å². The Hall–Kier alpha value is -1.74. The minimum Gasteiger partial charge on any atom is -0.385 e. The van der Waals surface area contributed by atoms with Gasteiger partial charge in [-0.3, -0.25) is 0 Å². The third kappa shape index (κ3) is 3.48. The second-order valence-corrected chi connectivity index (χ2v) is 5.62. The van der Waals surface area contributed by atoms with E-state index in [2.05, 4.69) is 61.8 Å². The molecule has 4 N–H and O–H groups in total. The Bertz CT molecular complexity index is 531. The maximum Gasteiger partial charge on any atom is 0.0539 e. The number of nitrogens with two attached hydrogens (primary N) is 1. The number of hydrogen-bond acceptors (Lipinski definition) is 3. The fraction of sp³-hybridized carbons (Fsp3) is 0.444. The van der Waals surface area contributed by atoms with Gasteiger partial charge in [-0.1, -0.05) is 32.4 Å². The van der Waals surface area contributed by atoms with E-state index in [0.717, 1.165) is 18.7 Å². The summed E-state index contributed by atoms with van der Waals surface area (Å²) in [6, 6.07) is 6.93. The summed E-state index contributed by atoms with van der Waals surface area (Å²) in [5.74, 6) is 0.593. The molecule has 0 fully saturated rings. The van der Waals surface area contributed by atoms with Gasteiger partial charge in [0.2, 0.25) is 0 Å². The highest BCUT2D eigenvalue weighted by Crippen LogP contribution is 2.29. The van der Waals surface area contributed by atoms with Crippen LogP contribution in [-0.4, -0.2) is 12.6 Å². The molecule has 3 heteroatoms. The third-order valence-electron chi connectivity index (χ3n) is 4.22. The lowest BCUT2D eigenvalue weighted by Crippen LogP contribution is -2.33. The van der Waals surface area contributed by atoms with Gasteiger partial charge in [0.05, 0.1) is 6.04 Å². The molecule has 1 aromatic carbocycles. The molecule has 0 aromatic heterocycles. The van der Waals surface area contributed by atoms with Gasteiger partial charge in [0.1, 0.15) is 0 Å². The molecular formula is C18H27N3. The Morgan fingerprint density at radius 3 is 2.81 bits per heavy atom. The first-order valence-corrected chi connectivity index (χ1v) is 7.91. The summed E-state index contributed by atoms with van der Waals surface area (Å²) < 4.78 is 0. The fourth-order valence-electron chi connectivity index (χ4n) is 2.79. The third-order valence-corrected chi connectivity index (χ3v) is 4.22. The van der Waals surface area contributed by atoms with Gasteiger partial charge < -0.3 is 16.4 Å². The predicted octanol–water partition coefficient (Wildman–Crippen LogP) is 3.49. The molecule has 0 bridgehead atoms. The zero-order chi connectivity index (χ0) is 15.2. The molecule has 0 spiro atoms. The van der Waals surface area contributed by atoms with Gasteiger partial charge in [-0.2, -0.15) is 0 Å². The molecule has 0 aliphatic carbocycles. The average molecular weight is 285 g/mol. The van der Waals surface area contributed by atoms with Crippen LogP contribution in [0.2, 0.25) is 0 Å². The number of rotatable bonds is 6. The van der Waals surface area contributed by atoms with Crippen LogP contribution in [0.25, 0.3) is 5.57 Å². The van der Waals surface area contributed by atoms with Gasteiger partial charge in [-0.05, 0) is 54.0 Å². The summed E-state index contributed by atoms with van der Waals surface area (Å²) in [7, 11) is 0. The fourth-order valence-corrected chi connectivity index (χ4v) is 2.79. The number of benzene rings is 1. The first kappa shape index (κ1) is 15.6. The largest absolute Gasteiger partial charge is 0.385 e. The van der Waals surface area contributed by atoms with E-state index in [4.69, 9.17) is 5.73 Å². The summed E-state index contributed by atoms with van der Waals surface area (Å²) in [6.45, 7) is 8.10. The van der Waals surface area contributed by atoms with Crippen LogP contribution < -0.4 is 16.4 Å². The van der Waals surface area contributed by atoms with E-state index >= 15 is 0 Å². The average Bonchev–Trinajstić information content (AvgIpc) is 2.54. The van der Waals surface area contributed by atoms with Crippen LogP contribution in [0.15, 0.2) is 36.6 Å². The highest BCUT2D eigenvalue weighted by molar-refractivity contribution is 5.74. The Labute approximate surface area is 128 Å². The van der Waals surface area contributed by atoms with Gasteiger partial charge >= 0.3 is 0 Å². The smallest absolute Gasteiger partial charge is 0.0539 e. The molecule has 114 valence electrons. The Kier molecular flexibility index (Phi) is 5.45. The van der Waals surface area contributed by atoms with Crippen molar-refractivity contribution in [1.29, 1.82) is 0 Å². The van der Waals surface area contributed by atoms with Crippen molar-refractivity contribution in [2.45, 2.75) is 39.8 Å². The van der Waals surface area contributed by atoms with Gasteiger partial charge in [-0.15, -0.1) is 0 Å². The minimum absolute atomic E-state index is 0.371. The number of hydrogen-bond donors (Lipinski definition) is 3. The molecule has 2 rings (SSSR count). The summed E-state index contributed by atoms with van der Waals surface area (Å²) in [6.07, 6.45) is 7.49. The van der Waals surface area contributed by atoms with E-state index in [1.54, 1.807) is 0 Å². The van der Waals surface area contributed by atoms with Crippen LogP contribution in [0.5, 0.6) is 0 Å². The summed E-state index contributed by atoms with van der Waals surface area (Å²) in [4.78, 5) is 0. The van der Waals surface area contributed by atoms with Crippen LogP contribution in [0.4, 0.5) is 5.69 Å². The zero-order valence-electron chi connectivity index (χ0n) is 13.3. The van der Waals surface area contributed by atoms with E-state index < -0.39 is 0 Å². The van der Waals surface area contributed by atoms with E-state index in [1.807, 2.05) is 6.20 Å². The summed E-state index contributed by atoms with van der Waals surface area (Å²) in [5.41, 5.74) is 10.8. The molecular weight excluding hydrogens is 258 g/mol. The molecule has 1 heterocycles. The Balaban J connectivity index is 2.35. The van der Waals surface area contributed by atoms with E-state index in [0.29, 0.717) is 18.5 Å². The maximum atomic E-state index is 5.91. The minimum atomic E-state index is 0.371. The standard InChI is InChI=1S/C18H27N3/c1-4-13(3)18-16(7-6-10-21-18)14-8-9-17(20-5-2)15(11-14)12-19/h6-11,13,18,20-21H,4-5,12,19H2,1-3H3. The van der Waals surface area contributed by atoms with E-state index in [-0.39, 0.29) is 0 Å². The van der Waals surface area contributed by atoms with Crippen molar-refractivity contribution in [1.82, 2.24) is 5.32 Å². The van der Waals surface area contributed by atoms with Crippen LogP contribution in [-0.2, 0) is 6.54 Å². The quantitative estimate of drug-likeness (QED) is 0.750. The lowest BCUT2D eigenvalue weighted by molar-refractivity contribution is 0.468. The Morgan fingerprint density at radius 2 is 2.14 bits per heavy atom. The Morgan fingerprint density at radius 1 is 1.33 bits per heavy atom. The second kappa shape index (κ2) is 7.32. The molecule has 21 heavy (non-hydrogen) atoms. The number of anilines is 1. The van der Waals surface area contributed by atoms with Crippen molar-refractivity contribution in [3.63, 3.8) is 0 Å². The molecule has 0 saturated carbocycles. The van der Waals surface area contributed by atoms with Crippen molar-refractivity contribution in [3.8, 4) is 0 Å². The lowest BCUT2D eigenvalue weighted by Gasteiger charge is -2.29. The van der Waals surface area contributed by atoms with Gasteiger partial charge in [0, 0.05) is 18.8 Å². The lowest BCUT2D eigenvalue weighted by atomic mass is 9.86. The molecule has 1 aromatic rings. The highest BCUT2D eigenvalue weighted by Gasteiger charge is 2.22. The van der Waals surface area contributed by atoms with Crippen molar-refractivity contribution >= 4 is 11.3 Å². The SMILES string of the molecule is CCNc1ccc(C2=CC=CNC2C(C)CC)cc1CN. The van der Waals surface area contributed by atoms with Gasteiger partial charge in [0.15, 0.2) is 0 Å². The van der Waals surface area contributed by atoms with Crippen molar-refractivity contribution in [3.05, 3.63) is 47.7 Å². The molecule has 3 nitrogen and oxygen atoms in total. The monoisotopic (exact) mass is 285 g/mol. The van der Waals surface area contributed by atoms with Crippen molar-refractivity contribution in [2.24, 2.45) is 11.7 Å². The van der Waals surface area contributed by atoms with Crippen molar-refractivity contribution < 1.29 is 0 Å².